The van der Waals surface area contributed by atoms with Crippen LogP contribution in [0.5, 0.6) is 0 Å². The first kappa shape index (κ1) is 17.2. The fraction of sp³-hybridized carbons (Fsp3) is 1.00. The van der Waals surface area contributed by atoms with Gasteiger partial charge in [0, 0.05) is 37.8 Å². The van der Waals surface area contributed by atoms with Gasteiger partial charge in [-0.3, -0.25) is 9.80 Å². The Kier molecular flexibility index (Phi) is 6.97. The third-order valence-corrected chi connectivity index (χ3v) is 5.74. The average molecular weight is 296 g/mol. The molecule has 0 amide bonds. The highest BCUT2D eigenvalue weighted by atomic mass is 15.3. The predicted octanol–water partition coefficient (Wildman–Crippen LogP) is 2.96. The van der Waals surface area contributed by atoms with Gasteiger partial charge in [-0.05, 0) is 52.6 Å². The zero-order valence-corrected chi connectivity index (χ0v) is 14.8. The number of hydrogen-bond acceptors (Lipinski definition) is 3. The summed E-state index contributed by atoms with van der Waals surface area (Å²) in [6, 6.07) is 2.15. The van der Waals surface area contributed by atoms with Crippen LogP contribution in [0.25, 0.3) is 0 Å². The van der Waals surface area contributed by atoms with E-state index in [0.29, 0.717) is 12.1 Å². The minimum Gasteiger partial charge on any atom is -0.314 e. The van der Waals surface area contributed by atoms with Crippen molar-refractivity contribution in [3.05, 3.63) is 0 Å². The van der Waals surface area contributed by atoms with E-state index in [2.05, 4.69) is 42.9 Å². The van der Waals surface area contributed by atoms with Crippen molar-refractivity contribution in [2.75, 3.05) is 33.2 Å². The second-order valence-electron chi connectivity index (χ2n) is 7.54. The van der Waals surface area contributed by atoms with E-state index in [1.54, 1.807) is 0 Å². The lowest BCUT2D eigenvalue weighted by molar-refractivity contribution is 0.0456. The van der Waals surface area contributed by atoms with Crippen molar-refractivity contribution in [2.24, 2.45) is 5.92 Å². The third kappa shape index (κ3) is 4.94. The van der Waals surface area contributed by atoms with E-state index >= 15 is 0 Å². The quantitative estimate of drug-likeness (QED) is 0.787. The van der Waals surface area contributed by atoms with Crippen LogP contribution >= 0.6 is 0 Å². The first-order valence-electron chi connectivity index (χ1n) is 9.29. The molecule has 0 spiro atoms. The summed E-state index contributed by atoms with van der Waals surface area (Å²) in [5.41, 5.74) is 0. The van der Waals surface area contributed by atoms with Crippen molar-refractivity contribution in [1.29, 1.82) is 0 Å². The van der Waals surface area contributed by atoms with Gasteiger partial charge in [0.15, 0.2) is 0 Å². The maximum absolute atomic E-state index is 3.85. The Morgan fingerprint density at radius 3 is 2.33 bits per heavy atom. The summed E-state index contributed by atoms with van der Waals surface area (Å²) in [5, 5.41) is 3.85. The average Bonchev–Trinajstić information content (AvgIpc) is 2.68. The maximum atomic E-state index is 3.85. The molecule has 0 bridgehead atoms. The van der Waals surface area contributed by atoms with Crippen molar-refractivity contribution in [2.45, 2.75) is 77.4 Å². The predicted molar refractivity (Wildman–Crippen MR) is 91.8 cm³/mol. The maximum Gasteiger partial charge on any atom is 0.0195 e. The van der Waals surface area contributed by atoms with Crippen molar-refractivity contribution in [3.8, 4) is 0 Å². The van der Waals surface area contributed by atoms with Crippen LogP contribution in [0, 0.1) is 5.92 Å². The number of likely N-dealkylation sites (N-methyl/N-ethyl adjacent to an activating group) is 1. The molecule has 1 saturated carbocycles. The molecule has 0 aromatic carbocycles. The zero-order valence-electron chi connectivity index (χ0n) is 14.8. The zero-order chi connectivity index (χ0) is 15.2. The van der Waals surface area contributed by atoms with Crippen LogP contribution in [0.1, 0.15) is 59.3 Å². The fourth-order valence-electron chi connectivity index (χ4n) is 4.20. The minimum absolute atomic E-state index is 0.696. The molecule has 1 N–H and O–H groups in total. The summed E-state index contributed by atoms with van der Waals surface area (Å²) >= 11 is 0. The summed E-state index contributed by atoms with van der Waals surface area (Å²) in [4.78, 5) is 5.28. The second-order valence-corrected chi connectivity index (χ2v) is 7.54. The molecule has 1 aliphatic carbocycles. The first-order chi connectivity index (χ1) is 10.1. The Labute approximate surface area is 132 Å². The van der Waals surface area contributed by atoms with E-state index in [1.165, 1.54) is 64.7 Å². The molecule has 124 valence electrons. The first-order valence-corrected chi connectivity index (χ1v) is 9.29. The lowest BCUT2D eigenvalue weighted by Crippen LogP contribution is -2.56. The van der Waals surface area contributed by atoms with E-state index in [9.17, 15) is 0 Å². The molecule has 1 aliphatic heterocycles. The summed E-state index contributed by atoms with van der Waals surface area (Å²) < 4.78 is 0. The van der Waals surface area contributed by atoms with Gasteiger partial charge in [-0.2, -0.15) is 0 Å². The highest BCUT2D eigenvalue weighted by molar-refractivity contribution is 4.87. The van der Waals surface area contributed by atoms with Crippen molar-refractivity contribution >= 4 is 0 Å². The molecule has 1 saturated heterocycles. The van der Waals surface area contributed by atoms with Gasteiger partial charge in [0.05, 0.1) is 0 Å². The van der Waals surface area contributed by atoms with Gasteiger partial charge in [0.1, 0.15) is 0 Å². The molecule has 4 unspecified atom stereocenters. The van der Waals surface area contributed by atoms with Gasteiger partial charge < -0.3 is 5.32 Å². The topological polar surface area (TPSA) is 18.5 Å². The molecule has 4 atom stereocenters. The van der Waals surface area contributed by atoms with Crippen LogP contribution in [-0.2, 0) is 0 Å². The third-order valence-electron chi connectivity index (χ3n) is 5.74. The van der Waals surface area contributed by atoms with Crippen LogP contribution in [0.15, 0.2) is 0 Å². The Balaban J connectivity index is 1.91. The number of rotatable bonds is 5. The van der Waals surface area contributed by atoms with Gasteiger partial charge in [-0.1, -0.05) is 26.2 Å². The minimum atomic E-state index is 0.696. The SMILES string of the molecule is CCCNC1CCCCCC1CN1CC(C)N(C)C(C)C1. The lowest BCUT2D eigenvalue weighted by Gasteiger charge is -2.44. The smallest absolute Gasteiger partial charge is 0.0195 e. The Hall–Kier alpha value is -0.120. The number of hydrogen-bond donors (Lipinski definition) is 1. The molecule has 0 aromatic rings. The number of nitrogens with zero attached hydrogens (tertiary/aromatic N) is 2. The van der Waals surface area contributed by atoms with Gasteiger partial charge in [0.25, 0.3) is 0 Å². The number of nitrogens with one attached hydrogen (secondary N) is 1. The molecule has 3 heteroatoms. The van der Waals surface area contributed by atoms with Crippen LogP contribution in [0.3, 0.4) is 0 Å². The summed E-state index contributed by atoms with van der Waals surface area (Å²) in [6.45, 7) is 12.0. The highest BCUT2D eigenvalue weighted by Crippen LogP contribution is 2.26. The van der Waals surface area contributed by atoms with E-state index in [4.69, 9.17) is 0 Å². The molecular weight excluding hydrogens is 258 g/mol. The highest BCUT2D eigenvalue weighted by Gasteiger charge is 2.30. The van der Waals surface area contributed by atoms with Crippen molar-refractivity contribution in [1.82, 2.24) is 15.1 Å². The Bertz CT molecular complexity index is 282. The van der Waals surface area contributed by atoms with E-state index in [1.807, 2.05) is 0 Å². The normalized spacial score (nSPS) is 36.6. The number of piperazine rings is 1. The summed E-state index contributed by atoms with van der Waals surface area (Å²) in [6.07, 6.45) is 8.38. The molecule has 0 radical (unpaired) electrons. The standard InChI is InChI=1S/C18H37N3/c1-5-11-19-18-10-8-6-7-9-17(18)14-21-12-15(2)20(4)16(3)13-21/h15-19H,5-14H2,1-4H3. The fourth-order valence-corrected chi connectivity index (χ4v) is 4.20. The van der Waals surface area contributed by atoms with Crippen LogP contribution in [0.4, 0.5) is 0 Å². The summed E-state index contributed by atoms with van der Waals surface area (Å²) in [5.74, 6) is 0.863. The van der Waals surface area contributed by atoms with Gasteiger partial charge >= 0.3 is 0 Å². The Morgan fingerprint density at radius 2 is 1.67 bits per heavy atom. The molecular formula is C18H37N3. The van der Waals surface area contributed by atoms with E-state index in [0.717, 1.165) is 12.0 Å². The van der Waals surface area contributed by atoms with E-state index in [-0.39, 0.29) is 0 Å². The second kappa shape index (κ2) is 8.50. The molecule has 3 nitrogen and oxygen atoms in total. The molecule has 21 heavy (non-hydrogen) atoms. The molecule has 2 fully saturated rings. The van der Waals surface area contributed by atoms with Gasteiger partial charge in [-0.25, -0.2) is 0 Å². The van der Waals surface area contributed by atoms with Gasteiger partial charge in [0.2, 0.25) is 0 Å². The molecule has 2 rings (SSSR count). The molecule has 2 aliphatic rings. The van der Waals surface area contributed by atoms with Crippen LogP contribution in [0.2, 0.25) is 0 Å². The van der Waals surface area contributed by atoms with E-state index < -0.39 is 0 Å². The Morgan fingerprint density at radius 1 is 1.00 bits per heavy atom. The van der Waals surface area contributed by atoms with Crippen LogP contribution < -0.4 is 5.32 Å². The molecule has 1 heterocycles. The van der Waals surface area contributed by atoms with Gasteiger partial charge in [-0.15, -0.1) is 0 Å². The largest absolute Gasteiger partial charge is 0.314 e. The summed E-state index contributed by atoms with van der Waals surface area (Å²) in [7, 11) is 2.28. The van der Waals surface area contributed by atoms with Crippen molar-refractivity contribution < 1.29 is 0 Å². The monoisotopic (exact) mass is 295 g/mol. The lowest BCUT2D eigenvalue weighted by atomic mass is 9.93. The van der Waals surface area contributed by atoms with Crippen LogP contribution in [-0.4, -0.2) is 61.2 Å². The van der Waals surface area contributed by atoms with Crippen molar-refractivity contribution in [3.63, 3.8) is 0 Å². The molecule has 0 aromatic heterocycles.